The maximum Gasteiger partial charge on any atom is 0.227 e. The first-order chi connectivity index (χ1) is 8.71. The van der Waals surface area contributed by atoms with Crippen LogP contribution in [0.2, 0.25) is 0 Å². The lowest BCUT2D eigenvalue weighted by Crippen LogP contribution is -2.21. The van der Waals surface area contributed by atoms with Crippen molar-refractivity contribution in [2.24, 2.45) is 11.7 Å². The third kappa shape index (κ3) is 4.37. The Balaban J connectivity index is 2.55. The van der Waals surface area contributed by atoms with Crippen LogP contribution < -0.4 is 15.8 Å². The van der Waals surface area contributed by atoms with Crippen LogP contribution in [0.4, 0.5) is 5.69 Å². The molecule has 0 atom stereocenters. The van der Waals surface area contributed by atoms with Gasteiger partial charge in [0.2, 0.25) is 5.91 Å². The van der Waals surface area contributed by atoms with Crippen LogP contribution in [-0.4, -0.2) is 19.1 Å². The van der Waals surface area contributed by atoms with Gasteiger partial charge in [0.25, 0.3) is 0 Å². The third-order valence-corrected chi connectivity index (χ3v) is 2.86. The minimum Gasteiger partial charge on any atom is -0.492 e. The second-order valence-electron chi connectivity index (χ2n) is 4.16. The van der Waals surface area contributed by atoms with Gasteiger partial charge in [-0.1, -0.05) is 13.8 Å². The zero-order valence-electron chi connectivity index (χ0n) is 11.1. The summed E-state index contributed by atoms with van der Waals surface area (Å²) in [5.74, 6) is 0.926. The van der Waals surface area contributed by atoms with E-state index < -0.39 is 0 Å². The van der Waals surface area contributed by atoms with Gasteiger partial charge >= 0.3 is 0 Å². The van der Waals surface area contributed by atoms with Gasteiger partial charge < -0.3 is 15.8 Å². The highest BCUT2D eigenvalue weighted by atomic mass is 16.5. The van der Waals surface area contributed by atoms with Crippen molar-refractivity contribution in [3.63, 3.8) is 0 Å². The number of hydrogen-bond acceptors (Lipinski definition) is 3. The highest BCUT2D eigenvalue weighted by molar-refractivity contribution is 5.92. The predicted octanol–water partition coefficient (Wildman–Crippen LogP) is 2.40. The lowest BCUT2D eigenvalue weighted by atomic mass is 10.0. The first-order valence-electron chi connectivity index (χ1n) is 6.45. The second-order valence-corrected chi connectivity index (χ2v) is 4.16. The molecule has 0 saturated heterocycles. The summed E-state index contributed by atoms with van der Waals surface area (Å²) < 4.78 is 5.37. The van der Waals surface area contributed by atoms with Crippen LogP contribution in [-0.2, 0) is 4.79 Å². The molecule has 0 aliphatic heterocycles. The summed E-state index contributed by atoms with van der Waals surface area (Å²) in [6, 6.07) is 7.34. The number of nitrogens with two attached hydrogens (primary N) is 1. The molecule has 1 amide bonds. The van der Waals surface area contributed by atoms with Gasteiger partial charge in [-0.05, 0) is 37.1 Å². The fourth-order valence-corrected chi connectivity index (χ4v) is 1.72. The lowest BCUT2D eigenvalue weighted by Gasteiger charge is -2.13. The molecule has 0 bridgehead atoms. The molecular weight excluding hydrogens is 228 g/mol. The smallest absolute Gasteiger partial charge is 0.227 e. The fourth-order valence-electron chi connectivity index (χ4n) is 1.72. The van der Waals surface area contributed by atoms with E-state index in [4.69, 9.17) is 10.5 Å². The Hall–Kier alpha value is -1.55. The van der Waals surface area contributed by atoms with Crippen molar-refractivity contribution in [1.29, 1.82) is 0 Å². The number of benzene rings is 1. The topological polar surface area (TPSA) is 64.3 Å². The first kappa shape index (κ1) is 14.5. The van der Waals surface area contributed by atoms with Crippen LogP contribution in [0, 0.1) is 5.92 Å². The zero-order valence-corrected chi connectivity index (χ0v) is 11.1. The van der Waals surface area contributed by atoms with Gasteiger partial charge in [0.15, 0.2) is 0 Å². The van der Waals surface area contributed by atoms with Crippen molar-refractivity contribution in [3.8, 4) is 5.75 Å². The van der Waals surface area contributed by atoms with Gasteiger partial charge in [-0.3, -0.25) is 4.79 Å². The van der Waals surface area contributed by atoms with Crippen LogP contribution >= 0.6 is 0 Å². The van der Waals surface area contributed by atoms with Crippen molar-refractivity contribution in [1.82, 2.24) is 0 Å². The molecule has 0 aliphatic rings. The van der Waals surface area contributed by atoms with Gasteiger partial charge in [0, 0.05) is 18.2 Å². The molecule has 18 heavy (non-hydrogen) atoms. The first-order valence-corrected chi connectivity index (χ1v) is 6.45. The van der Waals surface area contributed by atoms with Gasteiger partial charge in [-0.15, -0.1) is 0 Å². The van der Waals surface area contributed by atoms with E-state index in [1.165, 1.54) is 0 Å². The number of hydrogen-bond donors (Lipinski definition) is 2. The molecule has 4 heteroatoms. The molecule has 0 saturated carbocycles. The summed E-state index contributed by atoms with van der Waals surface area (Å²) in [7, 11) is 0. The maximum absolute atomic E-state index is 11.9. The van der Waals surface area contributed by atoms with Gasteiger partial charge in [0.05, 0.1) is 0 Å². The van der Waals surface area contributed by atoms with E-state index in [-0.39, 0.29) is 11.8 Å². The molecule has 0 spiro atoms. The van der Waals surface area contributed by atoms with E-state index in [0.717, 1.165) is 24.3 Å². The van der Waals surface area contributed by atoms with Crippen molar-refractivity contribution < 1.29 is 9.53 Å². The number of amides is 1. The number of carbonyl (C=O) groups excluding carboxylic acids is 1. The second kappa shape index (κ2) is 7.71. The quantitative estimate of drug-likeness (QED) is 0.781. The summed E-state index contributed by atoms with van der Waals surface area (Å²) in [4.78, 5) is 11.9. The average molecular weight is 250 g/mol. The Bertz CT molecular complexity index is 359. The minimum atomic E-state index is 0.0793. The van der Waals surface area contributed by atoms with Crippen LogP contribution in [0.25, 0.3) is 0 Å². The van der Waals surface area contributed by atoms with E-state index in [9.17, 15) is 4.79 Å². The average Bonchev–Trinajstić information content (AvgIpc) is 2.39. The third-order valence-electron chi connectivity index (χ3n) is 2.86. The van der Waals surface area contributed by atoms with Gasteiger partial charge in [0.1, 0.15) is 12.4 Å². The molecule has 0 aliphatic carbocycles. The Labute approximate surface area is 109 Å². The largest absolute Gasteiger partial charge is 0.492 e. The molecule has 1 rings (SSSR count). The van der Waals surface area contributed by atoms with E-state index in [1.807, 2.05) is 38.1 Å². The highest BCUT2D eigenvalue weighted by Gasteiger charge is 2.13. The summed E-state index contributed by atoms with van der Waals surface area (Å²) in [5, 5.41) is 2.91. The maximum atomic E-state index is 11.9. The molecule has 3 N–H and O–H groups in total. The van der Waals surface area contributed by atoms with E-state index in [2.05, 4.69) is 5.32 Å². The summed E-state index contributed by atoms with van der Waals surface area (Å²) in [6.07, 6.45) is 1.72. The summed E-state index contributed by atoms with van der Waals surface area (Å²) in [5.41, 5.74) is 6.15. The van der Waals surface area contributed by atoms with E-state index in [0.29, 0.717) is 13.2 Å². The Morgan fingerprint density at radius 2 is 1.89 bits per heavy atom. The predicted molar refractivity (Wildman–Crippen MR) is 73.7 cm³/mol. The molecule has 100 valence electrons. The molecule has 4 nitrogen and oxygen atoms in total. The van der Waals surface area contributed by atoms with Crippen LogP contribution in [0.3, 0.4) is 0 Å². The van der Waals surface area contributed by atoms with E-state index in [1.54, 1.807) is 0 Å². The molecule has 1 aromatic rings. The van der Waals surface area contributed by atoms with E-state index >= 15 is 0 Å². The monoisotopic (exact) mass is 250 g/mol. The standard InChI is InChI=1S/C14H22N2O2/c1-3-11(4-2)14(17)16-12-5-7-13(8-6-12)18-10-9-15/h5-8,11H,3-4,9-10,15H2,1-2H3,(H,16,17). The molecule has 0 heterocycles. The summed E-state index contributed by atoms with van der Waals surface area (Å²) in [6.45, 7) is 5.04. The minimum absolute atomic E-state index is 0.0793. The fraction of sp³-hybridized carbons (Fsp3) is 0.500. The molecule has 0 aromatic heterocycles. The van der Waals surface area contributed by atoms with Crippen molar-refractivity contribution in [2.75, 3.05) is 18.5 Å². The van der Waals surface area contributed by atoms with Crippen molar-refractivity contribution in [3.05, 3.63) is 24.3 Å². The Kier molecular flexibility index (Phi) is 6.22. The van der Waals surface area contributed by atoms with Crippen LogP contribution in [0.1, 0.15) is 26.7 Å². The number of anilines is 1. The van der Waals surface area contributed by atoms with Crippen LogP contribution in [0.5, 0.6) is 5.75 Å². The van der Waals surface area contributed by atoms with Crippen molar-refractivity contribution in [2.45, 2.75) is 26.7 Å². The summed E-state index contributed by atoms with van der Waals surface area (Å²) >= 11 is 0. The van der Waals surface area contributed by atoms with Crippen LogP contribution in [0.15, 0.2) is 24.3 Å². The number of nitrogens with one attached hydrogen (secondary N) is 1. The number of ether oxygens (including phenoxy) is 1. The zero-order chi connectivity index (χ0) is 13.4. The molecule has 0 unspecified atom stereocenters. The Morgan fingerprint density at radius 1 is 1.28 bits per heavy atom. The Morgan fingerprint density at radius 3 is 2.39 bits per heavy atom. The highest BCUT2D eigenvalue weighted by Crippen LogP contribution is 2.17. The normalized spacial score (nSPS) is 10.4. The lowest BCUT2D eigenvalue weighted by molar-refractivity contribution is -0.120. The van der Waals surface area contributed by atoms with Gasteiger partial charge in [-0.25, -0.2) is 0 Å². The number of rotatable bonds is 7. The molecular formula is C14H22N2O2. The van der Waals surface area contributed by atoms with Gasteiger partial charge in [-0.2, -0.15) is 0 Å². The van der Waals surface area contributed by atoms with Crippen molar-refractivity contribution >= 4 is 11.6 Å². The SMILES string of the molecule is CCC(CC)C(=O)Nc1ccc(OCCN)cc1. The molecule has 1 aromatic carbocycles. The molecule has 0 radical (unpaired) electrons. The molecule has 0 fully saturated rings. The number of carbonyl (C=O) groups is 1.